The molecule has 1 atom stereocenters. The monoisotopic (exact) mass is 279 g/mol. The summed E-state index contributed by atoms with van der Waals surface area (Å²) < 4.78 is 0. The number of rotatable bonds is 7. The van der Waals surface area contributed by atoms with Gasteiger partial charge in [-0.1, -0.05) is 51.3 Å². The van der Waals surface area contributed by atoms with Crippen molar-refractivity contribution in [2.75, 3.05) is 14.1 Å². The van der Waals surface area contributed by atoms with E-state index in [0.29, 0.717) is 11.5 Å². The normalized spacial score (nSPS) is 11.4. The third-order valence-electron chi connectivity index (χ3n) is 3.28. The Kier molecular flexibility index (Phi) is 10.7. The van der Waals surface area contributed by atoms with Crippen LogP contribution in [-0.4, -0.2) is 25.2 Å². The molecule has 0 heterocycles. The van der Waals surface area contributed by atoms with Gasteiger partial charge in [-0.05, 0) is 44.5 Å². The Morgan fingerprint density at radius 3 is 2.30 bits per heavy atom. The van der Waals surface area contributed by atoms with Crippen LogP contribution >= 0.6 is 0 Å². The molecule has 1 aromatic carbocycles. The molecule has 0 aliphatic rings. The number of hydrogen-bond donors (Lipinski definition) is 2. The summed E-state index contributed by atoms with van der Waals surface area (Å²) >= 11 is 0. The summed E-state index contributed by atoms with van der Waals surface area (Å²) in [5, 5.41) is 11.9. The van der Waals surface area contributed by atoms with Gasteiger partial charge in [0.05, 0.1) is 5.56 Å². The second kappa shape index (κ2) is 11.5. The third kappa shape index (κ3) is 6.71. The standard InChI is InChI=1S/C15H22O2.C2H7N/c1-3-5-6-9-12(4-2)13-10-7-8-11-14(13)15(16)17;1-3-2/h7-8,10-12H,3-6,9H2,1-2H3,(H,16,17);3H,1-2H3. The number of nitrogens with one attached hydrogen (secondary N) is 1. The lowest BCUT2D eigenvalue weighted by Crippen LogP contribution is -2.07. The van der Waals surface area contributed by atoms with Crippen molar-refractivity contribution >= 4 is 5.97 Å². The molecule has 0 fully saturated rings. The van der Waals surface area contributed by atoms with Gasteiger partial charge in [0.15, 0.2) is 0 Å². The first kappa shape index (κ1) is 18.7. The highest BCUT2D eigenvalue weighted by atomic mass is 16.4. The number of aromatic carboxylic acids is 1. The average molecular weight is 279 g/mol. The van der Waals surface area contributed by atoms with Crippen molar-refractivity contribution in [1.82, 2.24) is 5.32 Å². The quantitative estimate of drug-likeness (QED) is 0.732. The van der Waals surface area contributed by atoms with Crippen molar-refractivity contribution in [2.45, 2.75) is 51.9 Å². The van der Waals surface area contributed by atoms with Gasteiger partial charge in [0.25, 0.3) is 0 Å². The van der Waals surface area contributed by atoms with Crippen LogP contribution in [0.25, 0.3) is 0 Å². The van der Waals surface area contributed by atoms with Gasteiger partial charge in [-0.15, -0.1) is 0 Å². The fourth-order valence-electron chi connectivity index (χ4n) is 2.27. The molecule has 0 aliphatic carbocycles. The van der Waals surface area contributed by atoms with Crippen LogP contribution in [0.1, 0.15) is 67.8 Å². The molecule has 3 nitrogen and oxygen atoms in total. The predicted octanol–water partition coefficient (Wildman–Crippen LogP) is 4.29. The summed E-state index contributed by atoms with van der Waals surface area (Å²) in [5.74, 6) is -0.427. The van der Waals surface area contributed by atoms with E-state index in [1.165, 1.54) is 19.3 Å². The summed E-state index contributed by atoms with van der Waals surface area (Å²) in [4.78, 5) is 11.2. The SMILES string of the molecule is CCCCCC(CC)c1ccccc1C(=O)O.CNC. The Bertz CT molecular complexity index is 377. The molecular weight excluding hydrogens is 250 g/mol. The number of benzene rings is 1. The Labute approximate surface area is 123 Å². The van der Waals surface area contributed by atoms with Gasteiger partial charge in [-0.3, -0.25) is 0 Å². The van der Waals surface area contributed by atoms with Gasteiger partial charge in [0.1, 0.15) is 0 Å². The second-order valence-corrected chi connectivity index (χ2v) is 4.99. The summed E-state index contributed by atoms with van der Waals surface area (Å²) in [6.45, 7) is 4.32. The maximum Gasteiger partial charge on any atom is 0.335 e. The minimum atomic E-state index is -0.811. The van der Waals surface area contributed by atoms with Gasteiger partial charge in [-0.2, -0.15) is 0 Å². The first-order valence-electron chi connectivity index (χ1n) is 7.52. The molecule has 1 rings (SSSR count). The number of unbranched alkanes of at least 4 members (excludes halogenated alkanes) is 2. The minimum Gasteiger partial charge on any atom is -0.478 e. The smallest absolute Gasteiger partial charge is 0.335 e. The highest BCUT2D eigenvalue weighted by Crippen LogP contribution is 2.28. The summed E-state index contributed by atoms with van der Waals surface area (Å²) in [5.41, 5.74) is 1.47. The molecule has 3 heteroatoms. The Morgan fingerprint density at radius 2 is 1.80 bits per heavy atom. The zero-order chi connectivity index (χ0) is 15.4. The van der Waals surface area contributed by atoms with Crippen LogP contribution in [0.3, 0.4) is 0 Å². The van der Waals surface area contributed by atoms with E-state index >= 15 is 0 Å². The zero-order valence-electron chi connectivity index (χ0n) is 13.3. The van der Waals surface area contributed by atoms with Crippen molar-refractivity contribution in [3.8, 4) is 0 Å². The van der Waals surface area contributed by atoms with Crippen LogP contribution in [0.4, 0.5) is 0 Å². The first-order chi connectivity index (χ1) is 9.62. The largest absolute Gasteiger partial charge is 0.478 e. The molecule has 0 bridgehead atoms. The predicted molar refractivity (Wildman–Crippen MR) is 85.6 cm³/mol. The lowest BCUT2D eigenvalue weighted by molar-refractivity contribution is 0.0695. The topological polar surface area (TPSA) is 49.3 Å². The number of carboxylic acid groups (broad SMARTS) is 1. The number of hydrogen-bond acceptors (Lipinski definition) is 2. The molecule has 0 aliphatic heterocycles. The van der Waals surface area contributed by atoms with Gasteiger partial charge >= 0.3 is 5.97 Å². The molecular formula is C17H29NO2. The Morgan fingerprint density at radius 1 is 1.20 bits per heavy atom. The van der Waals surface area contributed by atoms with E-state index < -0.39 is 5.97 Å². The minimum absolute atomic E-state index is 0.383. The lowest BCUT2D eigenvalue weighted by atomic mass is 9.88. The molecule has 114 valence electrons. The molecule has 0 saturated heterocycles. The molecule has 0 amide bonds. The van der Waals surface area contributed by atoms with Crippen LogP contribution in [0.5, 0.6) is 0 Å². The lowest BCUT2D eigenvalue weighted by Gasteiger charge is -2.17. The summed E-state index contributed by atoms with van der Waals surface area (Å²) in [6.07, 6.45) is 5.72. The fraction of sp³-hybridized carbons (Fsp3) is 0.588. The first-order valence-corrected chi connectivity index (χ1v) is 7.52. The van der Waals surface area contributed by atoms with E-state index in [2.05, 4.69) is 19.2 Å². The van der Waals surface area contributed by atoms with Crippen molar-refractivity contribution < 1.29 is 9.90 Å². The van der Waals surface area contributed by atoms with E-state index in [9.17, 15) is 9.90 Å². The Hall–Kier alpha value is -1.35. The van der Waals surface area contributed by atoms with E-state index in [0.717, 1.165) is 18.4 Å². The van der Waals surface area contributed by atoms with Crippen LogP contribution in [0.2, 0.25) is 0 Å². The van der Waals surface area contributed by atoms with Gasteiger partial charge in [-0.25, -0.2) is 4.79 Å². The average Bonchev–Trinajstić information content (AvgIpc) is 2.44. The third-order valence-corrected chi connectivity index (χ3v) is 3.28. The van der Waals surface area contributed by atoms with Crippen LogP contribution in [0, 0.1) is 0 Å². The van der Waals surface area contributed by atoms with E-state index in [1.807, 2.05) is 26.2 Å². The molecule has 0 saturated carbocycles. The van der Waals surface area contributed by atoms with Gasteiger partial charge in [0.2, 0.25) is 0 Å². The fourth-order valence-corrected chi connectivity index (χ4v) is 2.27. The molecule has 0 radical (unpaired) electrons. The molecule has 1 unspecified atom stereocenters. The van der Waals surface area contributed by atoms with Crippen LogP contribution < -0.4 is 5.32 Å². The van der Waals surface area contributed by atoms with Crippen molar-refractivity contribution in [3.63, 3.8) is 0 Å². The maximum absolute atomic E-state index is 11.2. The number of carboxylic acids is 1. The van der Waals surface area contributed by atoms with E-state index in [1.54, 1.807) is 12.1 Å². The summed E-state index contributed by atoms with van der Waals surface area (Å²) in [6, 6.07) is 7.40. The molecule has 2 N–H and O–H groups in total. The van der Waals surface area contributed by atoms with Crippen molar-refractivity contribution in [2.24, 2.45) is 0 Å². The van der Waals surface area contributed by atoms with Gasteiger partial charge < -0.3 is 10.4 Å². The highest BCUT2D eigenvalue weighted by Gasteiger charge is 2.16. The number of carbonyl (C=O) groups is 1. The molecule has 0 spiro atoms. The summed E-state index contributed by atoms with van der Waals surface area (Å²) in [7, 11) is 3.75. The molecule has 20 heavy (non-hydrogen) atoms. The van der Waals surface area contributed by atoms with Crippen molar-refractivity contribution in [1.29, 1.82) is 0 Å². The van der Waals surface area contributed by atoms with Crippen LogP contribution in [0.15, 0.2) is 24.3 Å². The van der Waals surface area contributed by atoms with Crippen LogP contribution in [-0.2, 0) is 0 Å². The van der Waals surface area contributed by atoms with E-state index in [-0.39, 0.29) is 0 Å². The Balaban J connectivity index is 0.00000110. The molecule has 0 aromatic heterocycles. The van der Waals surface area contributed by atoms with Crippen molar-refractivity contribution in [3.05, 3.63) is 35.4 Å². The highest BCUT2D eigenvalue weighted by molar-refractivity contribution is 5.89. The molecule has 1 aromatic rings. The maximum atomic E-state index is 11.2. The zero-order valence-corrected chi connectivity index (χ0v) is 13.3. The second-order valence-electron chi connectivity index (χ2n) is 4.99. The van der Waals surface area contributed by atoms with E-state index in [4.69, 9.17) is 0 Å². The van der Waals surface area contributed by atoms with Gasteiger partial charge in [0, 0.05) is 0 Å².